The highest BCUT2D eigenvalue weighted by Gasteiger charge is 2.16. The Bertz CT molecular complexity index is 347. The molecule has 0 aliphatic carbocycles. The number of hydrogen-bond donors (Lipinski definition) is 1. The molecule has 1 N–H and O–H groups in total. The fourth-order valence-corrected chi connectivity index (χ4v) is 2.19. The summed E-state index contributed by atoms with van der Waals surface area (Å²) in [6.45, 7) is 3.36. The van der Waals surface area contributed by atoms with Crippen LogP contribution in [0.3, 0.4) is 0 Å². The van der Waals surface area contributed by atoms with Crippen molar-refractivity contribution in [3.8, 4) is 0 Å². The molecular weight excluding hydrogens is 200 g/mol. The second kappa shape index (κ2) is 5.46. The largest absolute Gasteiger partial charge is 0.386 e. The highest BCUT2D eigenvalue weighted by molar-refractivity contribution is 5.34. The summed E-state index contributed by atoms with van der Waals surface area (Å²) < 4.78 is 5.36. The van der Waals surface area contributed by atoms with Crippen molar-refractivity contribution in [1.29, 1.82) is 0 Å². The molecule has 1 aromatic carbocycles. The van der Waals surface area contributed by atoms with Crippen LogP contribution in [0.4, 0.5) is 0 Å². The van der Waals surface area contributed by atoms with Gasteiger partial charge >= 0.3 is 0 Å². The third-order valence-electron chi connectivity index (χ3n) is 3.18. The maximum Gasteiger partial charge on any atom is 0.103 e. The molecule has 0 fully saturated rings. The lowest BCUT2D eigenvalue weighted by molar-refractivity contribution is 0.0451. The lowest BCUT2D eigenvalue weighted by atomic mass is 9.96. The Kier molecular flexibility index (Phi) is 3.97. The van der Waals surface area contributed by atoms with E-state index in [1.807, 2.05) is 0 Å². The van der Waals surface area contributed by atoms with Gasteiger partial charge in [-0.05, 0) is 36.0 Å². The van der Waals surface area contributed by atoms with Gasteiger partial charge in [0.25, 0.3) is 0 Å². The highest BCUT2D eigenvalue weighted by atomic mass is 16.5. The van der Waals surface area contributed by atoms with Crippen molar-refractivity contribution in [3.63, 3.8) is 0 Å². The Morgan fingerprint density at radius 3 is 3.12 bits per heavy atom. The van der Waals surface area contributed by atoms with Crippen LogP contribution in [-0.2, 0) is 17.6 Å². The van der Waals surface area contributed by atoms with Crippen molar-refractivity contribution in [3.05, 3.63) is 34.9 Å². The van der Waals surface area contributed by atoms with E-state index in [1.165, 1.54) is 24.0 Å². The lowest BCUT2D eigenvalue weighted by Crippen LogP contribution is -2.05. The van der Waals surface area contributed by atoms with E-state index in [9.17, 15) is 5.11 Å². The van der Waals surface area contributed by atoms with E-state index in [4.69, 9.17) is 4.74 Å². The van der Waals surface area contributed by atoms with E-state index in [1.54, 1.807) is 0 Å². The van der Waals surface area contributed by atoms with E-state index in [0.29, 0.717) is 6.61 Å². The monoisotopic (exact) mass is 220 g/mol. The summed E-state index contributed by atoms with van der Waals surface area (Å²) in [5.74, 6) is 0. The molecule has 2 nitrogen and oxygen atoms in total. The SMILES string of the molecule is CCCCc1ccc2c(c1)C(O)COCC2. The lowest BCUT2D eigenvalue weighted by Gasteiger charge is -2.12. The Balaban J connectivity index is 2.21. The van der Waals surface area contributed by atoms with Crippen LogP contribution in [0.1, 0.15) is 42.6 Å². The maximum atomic E-state index is 9.97. The summed E-state index contributed by atoms with van der Waals surface area (Å²) in [6, 6.07) is 6.50. The van der Waals surface area contributed by atoms with Gasteiger partial charge < -0.3 is 9.84 Å². The normalized spacial score (nSPS) is 20.2. The molecule has 0 amide bonds. The van der Waals surface area contributed by atoms with Crippen LogP contribution < -0.4 is 0 Å². The maximum absolute atomic E-state index is 9.97. The van der Waals surface area contributed by atoms with Gasteiger partial charge in [-0.3, -0.25) is 0 Å². The van der Waals surface area contributed by atoms with Crippen molar-refractivity contribution in [2.24, 2.45) is 0 Å². The van der Waals surface area contributed by atoms with Crippen LogP contribution >= 0.6 is 0 Å². The van der Waals surface area contributed by atoms with Gasteiger partial charge in [0.2, 0.25) is 0 Å². The van der Waals surface area contributed by atoms with Crippen molar-refractivity contribution in [2.75, 3.05) is 13.2 Å². The van der Waals surface area contributed by atoms with Gasteiger partial charge in [0.15, 0.2) is 0 Å². The number of rotatable bonds is 3. The number of aliphatic hydroxyl groups excluding tert-OH is 1. The summed E-state index contributed by atoms with van der Waals surface area (Å²) in [6.07, 6.45) is 4.01. The zero-order valence-corrected chi connectivity index (χ0v) is 9.91. The third-order valence-corrected chi connectivity index (χ3v) is 3.18. The number of ether oxygens (including phenoxy) is 1. The zero-order chi connectivity index (χ0) is 11.4. The Hall–Kier alpha value is -0.860. The van der Waals surface area contributed by atoms with Gasteiger partial charge in [-0.1, -0.05) is 31.5 Å². The fraction of sp³-hybridized carbons (Fsp3) is 0.571. The standard InChI is InChI=1S/C14H20O2/c1-2-3-4-11-5-6-12-7-8-16-10-14(15)13(12)9-11/h5-6,9,14-15H,2-4,7-8,10H2,1H3. The molecule has 1 aromatic rings. The van der Waals surface area contributed by atoms with Crippen molar-refractivity contribution in [2.45, 2.75) is 38.7 Å². The quantitative estimate of drug-likeness (QED) is 0.848. The third kappa shape index (κ3) is 2.63. The van der Waals surface area contributed by atoms with E-state index in [2.05, 4.69) is 25.1 Å². The molecule has 0 saturated heterocycles. The topological polar surface area (TPSA) is 29.5 Å². The molecule has 0 saturated carbocycles. The van der Waals surface area contributed by atoms with Crippen LogP contribution in [0.2, 0.25) is 0 Å². The fourth-order valence-electron chi connectivity index (χ4n) is 2.19. The molecule has 0 spiro atoms. The molecule has 0 radical (unpaired) electrons. The van der Waals surface area contributed by atoms with Crippen LogP contribution in [-0.4, -0.2) is 18.3 Å². The Morgan fingerprint density at radius 2 is 2.31 bits per heavy atom. The van der Waals surface area contributed by atoms with Crippen molar-refractivity contribution >= 4 is 0 Å². The molecule has 2 rings (SSSR count). The van der Waals surface area contributed by atoms with Crippen LogP contribution in [0.5, 0.6) is 0 Å². The zero-order valence-electron chi connectivity index (χ0n) is 9.91. The number of fused-ring (bicyclic) bond motifs is 1. The van der Waals surface area contributed by atoms with Crippen LogP contribution in [0.25, 0.3) is 0 Å². The molecule has 0 bridgehead atoms. The smallest absolute Gasteiger partial charge is 0.103 e. The Morgan fingerprint density at radius 1 is 1.44 bits per heavy atom. The van der Waals surface area contributed by atoms with Gasteiger partial charge in [0.1, 0.15) is 6.10 Å². The molecule has 1 atom stereocenters. The second-order valence-corrected chi connectivity index (χ2v) is 4.48. The summed E-state index contributed by atoms with van der Waals surface area (Å²) in [5, 5.41) is 9.97. The number of benzene rings is 1. The average molecular weight is 220 g/mol. The van der Waals surface area contributed by atoms with Gasteiger partial charge in [-0.15, -0.1) is 0 Å². The molecule has 1 heterocycles. The first-order chi connectivity index (χ1) is 7.81. The molecule has 1 aliphatic rings. The minimum absolute atomic E-state index is 0.435. The van der Waals surface area contributed by atoms with Crippen molar-refractivity contribution < 1.29 is 9.84 Å². The molecule has 16 heavy (non-hydrogen) atoms. The molecule has 88 valence electrons. The predicted molar refractivity (Wildman–Crippen MR) is 64.5 cm³/mol. The number of aryl methyl sites for hydroxylation is 1. The molecular formula is C14H20O2. The number of unbranched alkanes of at least 4 members (excludes halogenated alkanes) is 1. The molecule has 0 aromatic heterocycles. The highest BCUT2D eigenvalue weighted by Crippen LogP contribution is 2.24. The minimum Gasteiger partial charge on any atom is -0.386 e. The molecule has 1 aliphatic heterocycles. The predicted octanol–water partition coefficient (Wildman–Crippen LogP) is 2.64. The van der Waals surface area contributed by atoms with Crippen molar-refractivity contribution in [1.82, 2.24) is 0 Å². The number of hydrogen-bond acceptors (Lipinski definition) is 2. The summed E-state index contributed by atoms with van der Waals surface area (Å²) in [4.78, 5) is 0. The van der Waals surface area contributed by atoms with E-state index < -0.39 is 6.10 Å². The molecule has 2 heteroatoms. The first kappa shape index (κ1) is 11.6. The minimum atomic E-state index is -0.445. The first-order valence-corrected chi connectivity index (χ1v) is 6.18. The van der Waals surface area contributed by atoms with Gasteiger partial charge in [0, 0.05) is 0 Å². The average Bonchev–Trinajstić information content (AvgIpc) is 2.49. The summed E-state index contributed by atoms with van der Waals surface area (Å²) in [7, 11) is 0. The first-order valence-electron chi connectivity index (χ1n) is 6.18. The van der Waals surface area contributed by atoms with E-state index in [0.717, 1.165) is 25.0 Å². The van der Waals surface area contributed by atoms with Gasteiger partial charge in [-0.25, -0.2) is 0 Å². The summed E-state index contributed by atoms with van der Waals surface area (Å²) >= 11 is 0. The van der Waals surface area contributed by atoms with E-state index in [-0.39, 0.29) is 0 Å². The Labute approximate surface area is 97.3 Å². The second-order valence-electron chi connectivity index (χ2n) is 4.48. The van der Waals surface area contributed by atoms with Crippen LogP contribution in [0, 0.1) is 0 Å². The van der Waals surface area contributed by atoms with Gasteiger partial charge in [0.05, 0.1) is 13.2 Å². The van der Waals surface area contributed by atoms with Crippen LogP contribution in [0.15, 0.2) is 18.2 Å². The molecule has 1 unspecified atom stereocenters. The summed E-state index contributed by atoms with van der Waals surface area (Å²) in [5.41, 5.74) is 3.65. The number of aliphatic hydroxyl groups is 1. The van der Waals surface area contributed by atoms with E-state index >= 15 is 0 Å². The van der Waals surface area contributed by atoms with Gasteiger partial charge in [-0.2, -0.15) is 0 Å².